The molecule has 45 heteroatoms. The van der Waals surface area contributed by atoms with Crippen molar-refractivity contribution in [3.05, 3.63) is 12.2 Å². The zero-order valence-electron chi connectivity index (χ0n) is 60.2. The number of allylic oxidation sites excluding steroid dienone is 1. The van der Waals surface area contributed by atoms with Crippen LogP contribution in [0.5, 0.6) is 0 Å². The molecule has 11 unspecified atom stereocenters. The number of aliphatic hydroxyl groups excluding tert-OH is 1. The molecule has 0 saturated carbocycles. The first-order valence-corrected chi connectivity index (χ1v) is 41.3. The van der Waals surface area contributed by atoms with Crippen molar-refractivity contribution in [2.24, 2.45) is 5.92 Å². The summed E-state index contributed by atoms with van der Waals surface area (Å²) in [7, 11) is 39.2. The Morgan fingerprint density at radius 3 is 1.71 bits per heavy atom. The largest absolute Gasteiger partial charge is 0.788 e. The number of methoxy groups -OCH3 is 7. The minimum atomic E-state index is -3.95. The van der Waals surface area contributed by atoms with Crippen molar-refractivity contribution in [3.63, 3.8) is 0 Å². The van der Waals surface area contributed by atoms with E-state index in [1.165, 1.54) is 33.2 Å². The predicted octanol–water partition coefficient (Wildman–Crippen LogP) is -2.93. The molecule has 5 aliphatic heterocycles. The maximum atomic E-state index is 12.4. The van der Waals surface area contributed by atoms with Gasteiger partial charge in [0.2, 0.25) is 13.4 Å². The van der Waals surface area contributed by atoms with Gasteiger partial charge in [-0.1, -0.05) is 18.0 Å². The van der Waals surface area contributed by atoms with Gasteiger partial charge >= 0.3 is 0 Å². The third kappa shape index (κ3) is 42.4. The van der Waals surface area contributed by atoms with Gasteiger partial charge in [0, 0.05) is 152 Å². The Balaban J connectivity index is 0.00000115. The Bertz CT molecular complexity index is 2490. The molecule has 5 saturated heterocycles. The molecule has 0 aromatic heterocycles. The second-order valence-corrected chi connectivity index (χ2v) is 33.2. The number of carbonyl (C=O) groups is 2. The predicted molar refractivity (Wildman–Crippen MR) is 383 cm³/mol. The molecule has 0 spiro atoms. The number of nitrogens with one attached hydrogen (secondary N) is 2. The summed E-state index contributed by atoms with van der Waals surface area (Å²) in [5.74, 6) is 0.284. The molecule has 5 heterocycles. The van der Waals surface area contributed by atoms with Crippen LogP contribution in [0.15, 0.2) is 12.2 Å². The molecule has 6 aliphatic rings. The monoisotopic (exact) mass is 1510 g/mol. The molecule has 100 heavy (non-hydrogen) atoms. The molecular weight excluding hydrogens is 1400 g/mol. The Morgan fingerprint density at radius 1 is 0.670 bits per heavy atom. The molecule has 0 bridgehead atoms. The molecule has 5 fully saturated rings. The second kappa shape index (κ2) is 51.1. The lowest BCUT2D eigenvalue weighted by Crippen LogP contribution is -2.48. The highest BCUT2D eigenvalue weighted by molar-refractivity contribution is 7.82. The summed E-state index contributed by atoms with van der Waals surface area (Å²) >= 11 is 0. The number of ketones is 1. The van der Waals surface area contributed by atoms with Gasteiger partial charge in [-0.25, -0.2) is 9.34 Å². The number of aliphatic hydroxyl groups is 1. The Labute approximate surface area is 604 Å². The average molecular weight is 1510 g/mol. The molecule has 23 atom stereocenters. The number of Topliss-reactive ketones (excluding diaryl/α,β-unsaturated/α-hetero) is 1. The van der Waals surface area contributed by atoms with Crippen LogP contribution in [-0.2, 0) is 108 Å². The lowest BCUT2D eigenvalue weighted by atomic mass is 9.75. The minimum Gasteiger partial charge on any atom is -0.788 e. The highest BCUT2D eigenvalue weighted by Gasteiger charge is 2.45. The van der Waals surface area contributed by atoms with Crippen LogP contribution < -0.4 is 25.1 Å². The van der Waals surface area contributed by atoms with Crippen molar-refractivity contribution in [2.45, 2.75) is 142 Å². The van der Waals surface area contributed by atoms with Gasteiger partial charge in [-0.3, -0.25) is 19.2 Å². The van der Waals surface area contributed by atoms with Crippen LogP contribution in [0.3, 0.4) is 0 Å². The van der Waals surface area contributed by atoms with Gasteiger partial charge in [-0.05, 0) is 73.4 Å². The number of morpholine rings is 1. The normalized spacial score (nSPS) is 32.3. The van der Waals surface area contributed by atoms with E-state index in [2.05, 4.69) is 16.5 Å². The Morgan fingerprint density at radius 2 is 1.22 bits per heavy atom. The zero-order chi connectivity index (χ0) is 76.9. The fourth-order valence-corrected chi connectivity index (χ4v) is 14.1. The summed E-state index contributed by atoms with van der Waals surface area (Å²) in [5, 5.41) is 14.1. The zero-order valence-corrected chi connectivity index (χ0v) is 64.7. The SMILES string of the molecule is [B]C1CN(P(C)(=O)N(C)C)CC(OC)O1.[B]CC(=O)N(CCNC)CC(C)=O.[B][C@@H]1OC[C@@H](OC)C1OP(C)(=O)[O-].[B][C@@H]1O[C@H](COC)[C@H](OP(C)(=O)[O-])C1OCCCO.[B][C@H]1C=CC(COC)C(OC)C1.[B][C@H]1C[C@@H](NP(C)(=O)[O-])[C@@H](COC)O1.[B][C@H]1C[C@@H](OP([BH3-])(C)=O)[C@@H](COC)O1. The number of amides is 1. The van der Waals surface area contributed by atoms with E-state index in [9.17, 15) is 47.1 Å². The highest BCUT2D eigenvalue weighted by atomic mass is 31.2. The van der Waals surface area contributed by atoms with Crippen molar-refractivity contribution in [3.8, 4) is 0 Å². The molecule has 0 aromatic rings. The number of rotatable bonds is 31. The number of nitrogens with zero attached hydrogens (tertiary/aromatic N) is 3. The lowest BCUT2D eigenvalue weighted by Gasteiger charge is -2.41. The van der Waals surface area contributed by atoms with E-state index < -0.39 is 98.2 Å². The first-order chi connectivity index (χ1) is 46.4. The number of likely N-dealkylation sites (N-methyl/N-ethyl adjacent to an activating group) is 1. The fourth-order valence-electron chi connectivity index (χ4n) is 9.84. The number of carbonyl (C=O) groups excluding carboxylic acids is 2. The summed E-state index contributed by atoms with van der Waals surface area (Å²) in [6, 6.07) is -3.00. The van der Waals surface area contributed by atoms with Crippen LogP contribution in [-0.4, -0.2) is 374 Å². The molecule has 1 aliphatic carbocycles. The molecular formula is C55H108B8N5O27P5-4. The van der Waals surface area contributed by atoms with Crippen LogP contribution >= 0.6 is 37.4 Å². The van der Waals surface area contributed by atoms with E-state index in [0.717, 1.165) is 26.4 Å². The third-order valence-electron chi connectivity index (χ3n) is 14.7. The Hall–Kier alpha value is -0.411. The second-order valence-electron chi connectivity index (χ2n) is 23.6. The quantitative estimate of drug-likeness (QED) is 0.0271. The van der Waals surface area contributed by atoms with Crippen molar-refractivity contribution in [2.75, 3.05) is 183 Å². The van der Waals surface area contributed by atoms with E-state index in [0.29, 0.717) is 71.2 Å². The van der Waals surface area contributed by atoms with Crippen LogP contribution in [0.1, 0.15) is 32.6 Å². The van der Waals surface area contributed by atoms with Gasteiger partial charge < -0.3 is 123 Å². The summed E-state index contributed by atoms with van der Waals surface area (Å²) in [4.78, 5) is 56.6. The van der Waals surface area contributed by atoms with Gasteiger partial charge in [-0.15, -0.1) is 0 Å². The first kappa shape index (κ1) is 99.6. The average Bonchev–Trinajstić information content (AvgIpc) is 1.46. The van der Waals surface area contributed by atoms with Gasteiger partial charge in [0.25, 0.3) is 0 Å². The van der Waals surface area contributed by atoms with Gasteiger partial charge in [0.1, 0.15) is 96.8 Å². The van der Waals surface area contributed by atoms with Crippen LogP contribution in [0.4, 0.5) is 0 Å². The molecule has 32 nitrogen and oxygen atoms in total. The maximum Gasteiger partial charge on any atom is 0.214 e. The maximum absolute atomic E-state index is 12.4. The number of hydrogen-bond donors (Lipinski definition) is 3. The van der Waals surface area contributed by atoms with Gasteiger partial charge in [-0.2, -0.15) is 0 Å². The van der Waals surface area contributed by atoms with Crippen LogP contribution in [0.25, 0.3) is 0 Å². The highest BCUT2D eigenvalue weighted by Crippen LogP contribution is 2.49. The van der Waals surface area contributed by atoms with E-state index in [4.69, 9.17) is 135 Å². The van der Waals surface area contributed by atoms with E-state index >= 15 is 0 Å². The molecule has 568 valence electrons. The lowest BCUT2D eigenvalue weighted by molar-refractivity contribution is -0.206. The van der Waals surface area contributed by atoms with Gasteiger partial charge in [0.15, 0.2) is 6.29 Å². The topological polar surface area (TPSA) is 390 Å². The number of ether oxygens (including phenoxy) is 13. The van der Waals surface area contributed by atoms with Crippen molar-refractivity contribution in [1.82, 2.24) is 24.6 Å². The Kier molecular flexibility index (Phi) is 50.9. The minimum absolute atomic E-state index is 0.0241. The molecule has 14 radical (unpaired) electrons. The molecule has 3 N–H and O–H groups in total. The summed E-state index contributed by atoms with van der Waals surface area (Å²) in [5.41, 5.74) is 0. The smallest absolute Gasteiger partial charge is 0.214 e. The number of hydrogen-bond acceptors (Lipinski definition) is 28. The van der Waals surface area contributed by atoms with E-state index in [1.807, 2.05) is 10.7 Å². The molecule has 1 amide bonds. The van der Waals surface area contributed by atoms with E-state index in [1.54, 1.807) is 67.6 Å². The van der Waals surface area contributed by atoms with Gasteiger partial charge in [0.05, 0.1) is 95.2 Å². The van der Waals surface area contributed by atoms with E-state index in [-0.39, 0.29) is 101 Å². The standard InChI is InChI=1S/C10H20BO7P.C9H15BO2.C8H18BN2O3P.C8H15BN2O2.C7H16B2O4P.C7H15BNO4P.C6H12BO5P/c1-15-6-7-8(18-19(2,13)14)9(10(11)17-7)16-5-3-4-12;1-11-6-7-3-4-8(10)5-9(7)12-2;1-10(2)15(4,12)11-5-7(9)14-8(6-11)13-3;1-7(12)6-11(4-3-10-2)8(13)5-9;1-11-4-6-5(3-7(8)12-6)13-14(2,9)10;1-12-4-6-5(3-7(8)13-6)9-14(2,10)11;1-10-4-3-11-6(7)5(4)12-13(2,8)9/h7-10,12H,3-6H2,1-2H3,(H,13,14);3-4,7-9H,5-6H2,1-2H3;7-8H,5-6H2,1-4H3;10H,3-6H2,1-2H3;5-7H,3-4H2,1-2,9H3;5-7H,3-4H2,1-2H3,(H2,9,10,11);4-6H,3H2,1-2H3,(H,8,9)/q;;;;-1;;/p-3/t7-,8+,9?,10-;7?,8-,9?;;;5-,6-,7-,14?;5-,6-,7-;4-,5?,6-/m10..111/s1. The van der Waals surface area contributed by atoms with Crippen molar-refractivity contribution >= 4 is 112 Å². The summed E-state index contributed by atoms with van der Waals surface area (Å²) in [6.45, 7) is 12.4. The third-order valence-corrected chi connectivity index (χ3v) is 20.1. The van der Waals surface area contributed by atoms with Crippen LogP contribution in [0, 0.1) is 5.92 Å². The molecule has 0 aromatic carbocycles. The van der Waals surface area contributed by atoms with Crippen LogP contribution in [0.2, 0.25) is 12.1 Å². The first-order valence-electron chi connectivity index (χ1n) is 31.6. The summed E-state index contributed by atoms with van der Waals surface area (Å²) in [6.07, 6.45) is 2.35. The van der Waals surface area contributed by atoms with Crippen molar-refractivity contribution in [1.29, 1.82) is 0 Å². The molecule has 6 rings (SSSR count). The summed E-state index contributed by atoms with van der Waals surface area (Å²) < 4.78 is 143. The fraction of sp³-hybridized carbons (Fsp3) is 0.927. The van der Waals surface area contributed by atoms with Crippen molar-refractivity contribution < 1.29 is 127 Å².